The van der Waals surface area contributed by atoms with Crippen LogP contribution in [-0.4, -0.2) is 32.2 Å². The van der Waals surface area contributed by atoms with Crippen molar-refractivity contribution in [2.24, 2.45) is 0 Å². The summed E-state index contributed by atoms with van der Waals surface area (Å²) in [5.74, 6) is -0.948. The first kappa shape index (κ1) is 6.07. The van der Waals surface area contributed by atoms with E-state index in [0.717, 1.165) is 0 Å². The van der Waals surface area contributed by atoms with E-state index in [1.807, 2.05) is 0 Å². The molecule has 0 aromatic rings. The van der Waals surface area contributed by atoms with Gasteiger partial charge >= 0.3 is 44.5 Å². The molecule has 0 fully saturated rings. The Kier molecular flexibility index (Phi) is 3.30. The molecule has 0 aromatic carbocycles. The zero-order valence-corrected chi connectivity index (χ0v) is 5.82. The summed E-state index contributed by atoms with van der Waals surface area (Å²) in [5, 5.41) is 7.76. The Morgan fingerprint density at radius 3 is 2.33 bits per heavy atom. The van der Waals surface area contributed by atoms with Crippen molar-refractivity contribution in [1.29, 1.82) is 0 Å². The van der Waals surface area contributed by atoms with E-state index in [4.69, 9.17) is 5.11 Å². The van der Waals surface area contributed by atoms with Crippen LogP contribution >= 0.6 is 0 Å². The van der Waals surface area contributed by atoms with Gasteiger partial charge in [0.05, 0.1) is 0 Å². The zero-order chi connectivity index (χ0) is 4.99. The molecule has 0 amide bonds. The Balaban J connectivity index is 3.05. The number of hydrogen-bond donors (Lipinski definition) is 1. The fourth-order valence-corrected chi connectivity index (χ4v) is 0.414. The second-order valence-electron chi connectivity index (χ2n) is 0.715. The summed E-state index contributed by atoms with van der Waals surface area (Å²) < 4.78 is 9.44. The van der Waals surface area contributed by atoms with Gasteiger partial charge in [-0.2, -0.15) is 0 Å². The summed E-state index contributed by atoms with van der Waals surface area (Å²) in [5.41, 5.74) is 0. The molecule has 3 nitrogen and oxygen atoms in total. The number of rotatable bonds is 2. The van der Waals surface area contributed by atoms with Gasteiger partial charge in [-0.3, -0.25) is 0 Å². The molecular formula is C2H3O3Sn. The van der Waals surface area contributed by atoms with Gasteiger partial charge < -0.3 is 0 Å². The van der Waals surface area contributed by atoms with Crippen molar-refractivity contribution in [2.75, 3.05) is 0 Å². The topological polar surface area (TPSA) is 54.4 Å². The molecule has 33 valence electrons. The Morgan fingerprint density at radius 1 is 1.83 bits per heavy atom. The normalized spacial score (nSPS) is 7.33. The van der Waals surface area contributed by atoms with Crippen molar-refractivity contribution in [3.8, 4) is 0 Å². The summed E-state index contributed by atoms with van der Waals surface area (Å²) >= 11 is -1.70. The maximum absolute atomic E-state index is 9.53. The average Bonchev–Trinajstić information content (AvgIpc) is 1.35. The van der Waals surface area contributed by atoms with Gasteiger partial charge in [0.25, 0.3) is 0 Å². The molecule has 0 aliphatic heterocycles. The van der Waals surface area contributed by atoms with Crippen molar-refractivity contribution in [3.63, 3.8) is 0 Å². The van der Waals surface area contributed by atoms with Crippen LogP contribution in [0.3, 0.4) is 0 Å². The summed E-state index contributed by atoms with van der Waals surface area (Å²) in [4.78, 5) is 9.44. The average molecular weight is 194 g/mol. The molecule has 1 radical (unpaired) electrons. The van der Waals surface area contributed by atoms with Gasteiger partial charge in [-0.05, 0) is 0 Å². The minimum absolute atomic E-state index is 0.0939. The van der Waals surface area contributed by atoms with Gasteiger partial charge in [0.15, 0.2) is 0 Å². The van der Waals surface area contributed by atoms with Gasteiger partial charge in [-0.1, -0.05) is 0 Å². The molecule has 1 N–H and O–H groups in total. The van der Waals surface area contributed by atoms with Crippen molar-refractivity contribution in [3.05, 3.63) is 0 Å². The number of aliphatic carboxylic acids is 1. The molecule has 0 saturated carbocycles. The Bertz CT molecular complexity index is 69.2. The van der Waals surface area contributed by atoms with Crippen LogP contribution in [0.1, 0.15) is 0 Å². The Hall–Kier alpha value is 0.0687. The summed E-state index contributed by atoms with van der Waals surface area (Å²) in [7, 11) is 0. The Labute approximate surface area is 45.0 Å². The molecule has 0 heterocycles. The summed E-state index contributed by atoms with van der Waals surface area (Å²) in [6.45, 7) is 0. The van der Waals surface area contributed by atoms with Gasteiger partial charge in [-0.15, -0.1) is 0 Å². The predicted octanol–water partition coefficient (Wildman–Crippen LogP) is -0.461. The molecule has 0 rings (SSSR count). The minimum atomic E-state index is -1.70. The number of carboxylic acid groups (broad SMARTS) is 1. The molecule has 0 aliphatic carbocycles. The van der Waals surface area contributed by atoms with E-state index in [2.05, 4.69) is 0 Å². The van der Waals surface area contributed by atoms with E-state index in [1.54, 1.807) is 0 Å². The fourth-order valence-electron chi connectivity index (χ4n) is 0.0617. The first-order valence-electron chi connectivity index (χ1n) is 1.34. The van der Waals surface area contributed by atoms with E-state index >= 15 is 0 Å². The van der Waals surface area contributed by atoms with Crippen LogP contribution < -0.4 is 0 Å². The molecular weight excluding hydrogens is 191 g/mol. The standard InChI is InChI=1S/C2H3O2.O.Sn/c1-2(3)4;;/h1H2,(H,3,4);;. The molecule has 0 saturated heterocycles. The molecule has 0 unspecified atom stereocenters. The van der Waals surface area contributed by atoms with Crippen molar-refractivity contribution < 1.29 is 13.0 Å². The fraction of sp³-hybridized carbons (Fsp3) is 0.500. The number of hydrogen-bond acceptors (Lipinski definition) is 2. The Morgan fingerprint density at radius 2 is 2.33 bits per heavy atom. The number of carboxylic acids is 1. The molecule has 6 heavy (non-hydrogen) atoms. The predicted molar refractivity (Wildman–Crippen MR) is 18.9 cm³/mol. The first-order chi connectivity index (χ1) is 2.77. The quantitative estimate of drug-likeness (QED) is 0.604. The third-order valence-corrected chi connectivity index (χ3v) is 1.50. The number of carbonyl (C=O) groups is 1. The van der Waals surface area contributed by atoms with Gasteiger partial charge in [0, 0.05) is 0 Å². The van der Waals surface area contributed by atoms with E-state index in [1.165, 1.54) is 0 Å². The third kappa shape index (κ3) is 4.07. The monoisotopic (exact) mass is 195 g/mol. The van der Waals surface area contributed by atoms with E-state index < -0.39 is 27.1 Å². The van der Waals surface area contributed by atoms with E-state index in [0.29, 0.717) is 0 Å². The third-order valence-electron chi connectivity index (χ3n) is 0.223. The van der Waals surface area contributed by atoms with E-state index in [-0.39, 0.29) is 4.44 Å². The van der Waals surface area contributed by atoms with Crippen LogP contribution in [0.2, 0.25) is 4.44 Å². The van der Waals surface area contributed by atoms with Crippen LogP contribution in [0.25, 0.3) is 0 Å². The van der Waals surface area contributed by atoms with Crippen molar-refractivity contribution >= 4 is 27.1 Å². The van der Waals surface area contributed by atoms with Crippen molar-refractivity contribution in [1.82, 2.24) is 0 Å². The van der Waals surface area contributed by atoms with Crippen LogP contribution in [0.5, 0.6) is 0 Å². The first-order valence-corrected chi connectivity index (χ1v) is 4.52. The SMILES string of the molecule is [O]=[Sn][CH2]C(=O)O. The molecule has 0 aliphatic rings. The maximum atomic E-state index is 9.53. The van der Waals surface area contributed by atoms with Crippen LogP contribution in [0, 0.1) is 0 Å². The molecule has 0 atom stereocenters. The van der Waals surface area contributed by atoms with Gasteiger partial charge in [0.2, 0.25) is 0 Å². The summed E-state index contributed by atoms with van der Waals surface area (Å²) in [6, 6.07) is 0. The van der Waals surface area contributed by atoms with Gasteiger partial charge in [0.1, 0.15) is 0 Å². The molecule has 0 spiro atoms. The summed E-state index contributed by atoms with van der Waals surface area (Å²) in [6.07, 6.45) is 0. The van der Waals surface area contributed by atoms with Gasteiger partial charge in [-0.25, -0.2) is 0 Å². The second kappa shape index (κ2) is 3.27. The second-order valence-corrected chi connectivity index (χ2v) is 2.55. The zero-order valence-electron chi connectivity index (χ0n) is 2.97. The molecule has 0 bridgehead atoms. The van der Waals surface area contributed by atoms with Crippen LogP contribution in [0.15, 0.2) is 0 Å². The molecule has 4 heteroatoms. The van der Waals surface area contributed by atoms with E-state index in [9.17, 15) is 7.87 Å². The molecule has 0 aromatic heterocycles. The van der Waals surface area contributed by atoms with Crippen molar-refractivity contribution in [2.45, 2.75) is 4.44 Å². The van der Waals surface area contributed by atoms with Crippen LogP contribution in [-0.2, 0) is 7.87 Å². The van der Waals surface area contributed by atoms with Crippen LogP contribution in [0.4, 0.5) is 0 Å².